The Morgan fingerprint density at radius 1 is 1.03 bits per heavy atom. The van der Waals surface area contributed by atoms with Gasteiger partial charge in [-0.3, -0.25) is 19.8 Å². The summed E-state index contributed by atoms with van der Waals surface area (Å²) in [5, 5.41) is 2.87. The van der Waals surface area contributed by atoms with Gasteiger partial charge in [0.15, 0.2) is 5.11 Å². The van der Waals surface area contributed by atoms with Crippen LogP contribution in [0.2, 0.25) is 10.0 Å². The second-order valence-electron chi connectivity index (χ2n) is 6.99. The standard InChI is InChI=1S/C24H15BrCl2N2O3S/c25-16-9-10-20(32-13-14-5-2-1-3-6-14)15(11-16)12-17-22(30)28-24(33)29(23(17)31)19-8-4-7-18(26)21(19)27/h1-12H,13H2,(H,28,30,33)/b17-12+. The molecule has 0 radical (unpaired) electrons. The topological polar surface area (TPSA) is 58.6 Å². The van der Waals surface area contributed by atoms with Crippen molar-refractivity contribution in [1.29, 1.82) is 0 Å². The lowest BCUT2D eigenvalue weighted by Gasteiger charge is -2.29. The van der Waals surface area contributed by atoms with Crippen LogP contribution in [0.15, 0.2) is 76.8 Å². The van der Waals surface area contributed by atoms with Gasteiger partial charge in [-0.25, -0.2) is 0 Å². The van der Waals surface area contributed by atoms with Gasteiger partial charge in [-0.05, 0) is 54.2 Å². The summed E-state index contributed by atoms with van der Waals surface area (Å²) in [7, 11) is 0. The number of amides is 2. The predicted octanol–water partition coefficient (Wildman–Crippen LogP) is 6.17. The maximum absolute atomic E-state index is 13.3. The van der Waals surface area contributed by atoms with Gasteiger partial charge in [-0.2, -0.15) is 0 Å². The van der Waals surface area contributed by atoms with Crippen molar-refractivity contribution in [2.24, 2.45) is 0 Å². The van der Waals surface area contributed by atoms with Crippen LogP contribution in [0, 0.1) is 0 Å². The summed E-state index contributed by atoms with van der Waals surface area (Å²) in [6.07, 6.45) is 1.47. The first-order chi connectivity index (χ1) is 15.8. The Kier molecular flexibility index (Phi) is 7.14. The molecule has 1 heterocycles. The highest BCUT2D eigenvalue weighted by Crippen LogP contribution is 2.35. The molecule has 0 atom stereocenters. The van der Waals surface area contributed by atoms with Gasteiger partial charge in [0.25, 0.3) is 11.8 Å². The van der Waals surface area contributed by atoms with Crippen molar-refractivity contribution in [1.82, 2.24) is 5.32 Å². The maximum Gasteiger partial charge on any atom is 0.270 e. The number of benzene rings is 3. The highest BCUT2D eigenvalue weighted by molar-refractivity contribution is 9.10. The Morgan fingerprint density at radius 3 is 2.55 bits per heavy atom. The van der Waals surface area contributed by atoms with Gasteiger partial charge >= 0.3 is 0 Å². The lowest BCUT2D eigenvalue weighted by Crippen LogP contribution is -2.54. The third kappa shape index (κ3) is 5.12. The van der Waals surface area contributed by atoms with E-state index < -0.39 is 11.8 Å². The molecule has 0 bridgehead atoms. The van der Waals surface area contributed by atoms with Gasteiger partial charge in [0.1, 0.15) is 17.9 Å². The van der Waals surface area contributed by atoms with Gasteiger partial charge < -0.3 is 4.74 Å². The molecule has 1 N–H and O–H groups in total. The predicted molar refractivity (Wildman–Crippen MR) is 138 cm³/mol. The van der Waals surface area contributed by atoms with E-state index in [-0.39, 0.29) is 26.4 Å². The lowest BCUT2D eigenvalue weighted by molar-refractivity contribution is -0.122. The van der Waals surface area contributed by atoms with E-state index in [1.54, 1.807) is 30.3 Å². The number of hydrogen-bond donors (Lipinski definition) is 1. The molecule has 4 rings (SSSR count). The number of carbonyl (C=O) groups is 2. The van der Waals surface area contributed by atoms with E-state index >= 15 is 0 Å². The molecule has 3 aromatic rings. The molecule has 9 heteroatoms. The number of halogens is 3. The Labute approximate surface area is 214 Å². The Morgan fingerprint density at radius 2 is 1.79 bits per heavy atom. The van der Waals surface area contributed by atoms with Crippen molar-refractivity contribution in [3.63, 3.8) is 0 Å². The summed E-state index contributed by atoms with van der Waals surface area (Å²) in [4.78, 5) is 27.2. The van der Waals surface area contributed by atoms with Crippen LogP contribution in [0.3, 0.4) is 0 Å². The Hall–Kier alpha value is -2.71. The molecule has 0 unspecified atom stereocenters. The molecular formula is C24H15BrCl2N2O3S. The molecular weight excluding hydrogens is 547 g/mol. The number of ether oxygens (including phenoxy) is 1. The summed E-state index contributed by atoms with van der Waals surface area (Å²) >= 11 is 21.1. The first-order valence-corrected chi connectivity index (χ1v) is 11.6. The van der Waals surface area contributed by atoms with Crippen molar-refractivity contribution in [3.05, 3.63) is 97.9 Å². The van der Waals surface area contributed by atoms with Gasteiger partial charge in [-0.15, -0.1) is 0 Å². The monoisotopic (exact) mass is 560 g/mol. The molecule has 0 saturated carbocycles. The zero-order valence-electron chi connectivity index (χ0n) is 16.8. The molecule has 33 heavy (non-hydrogen) atoms. The van der Waals surface area contributed by atoms with Crippen molar-refractivity contribution < 1.29 is 14.3 Å². The Balaban J connectivity index is 1.71. The third-order valence-electron chi connectivity index (χ3n) is 4.78. The van der Waals surface area contributed by atoms with Gasteiger partial charge in [0, 0.05) is 10.0 Å². The van der Waals surface area contributed by atoms with E-state index in [9.17, 15) is 9.59 Å². The van der Waals surface area contributed by atoms with Crippen molar-refractivity contribution in [2.45, 2.75) is 6.61 Å². The van der Waals surface area contributed by atoms with E-state index in [1.807, 2.05) is 36.4 Å². The molecule has 166 valence electrons. The molecule has 1 saturated heterocycles. The summed E-state index contributed by atoms with van der Waals surface area (Å²) < 4.78 is 6.73. The summed E-state index contributed by atoms with van der Waals surface area (Å²) in [6, 6.07) is 19.8. The number of rotatable bonds is 5. The van der Waals surface area contributed by atoms with E-state index in [0.717, 1.165) is 14.9 Å². The van der Waals surface area contributed by atoms with Crippen LogP contribution in [0.4, 0.5) is 5.69 Å². The zero-order chi connectivity index (χ0) is 23.5. The highest BCUT2D eigenvalue weighted by atomic mass is 79.9. The molecule has 1 fully saturated rings. The third-order valence-corrected chi connectivity index (χ3v) is 6.37. The fourth-order valence-corrected chi connectivity index (χ4v) is 4.23. The summed E-state index contributed by atoms with van der Waals surface area (Å²) in [5.74, 6) is -0.731. The minimum atomic E-state index is -0.623. The van der Waals surface area contributed by atoms with E-state index in [0.29, 0.717) is 17.9 Å². The largest absolute Gasteiger partial charge is 0.488 e. The van der Waals surface area contributed by atoms with Gasteiger partial charge in [0.05, 0.1) is 15.7 Å². The number of thiocarbonyl (C=S) groups is 1. The first kappa shape index (κ1) is 23.4. The summed E-state index contributed by atoms with van der Waals surface area (Å²) in [6.45, 7) is 0.327. The van der Waals surface area contributed by atoms with Crippen LogP contribution in [0.5, 0.6) is 5.75 Å². The Bertz CT molecular complexity index is 1300. The van der Waals surface area contributed by atoms with Crippen molar-refractivity contribution in [3.8, 4) is 5.75 Å². The second kappa shape index (κ2) is 10.1. The smallest absolute Gasteiger partial charge is 0.270 e. The van der Waals surface area contributed by atoms with Crippen LogP contribution in [0.1, 0.15) is 11.1 Å². The van der Waals surface area contributed by atoms with Crippen molar-refractivity contribution >= 4 is 80.0 Å². The number of carbonyl (C=O) groups excluding carboxylic acids is 2. The molecule has 1 aliphatic heterocycles. The number of nitrogens with one attached hydrogen (secondary N) is 1. The summed E-state index contributed by atoms with van der Waals surface area (Å²) in [5.41, 5.74) is 1.68. The SMILES string of the molecule is O=C1NC(=S)N(c2cccc(Cl)c2Cl)C(=O)/C1=C/c1cc(Br)ccc1OCc1ccccc1. The lowest BCUT2D eigenvalue weighted by atomic mass is 10.1. The number of nitrogens with zero attached hydrogens (tertiary/aromatic N) is 1. The van der Waals surface area contributed by atoms with Crippen LogP contribution in [-0.2, 0) is 16.2 Å². The fraction of sp³-hybridized carbons (Fsp3) is 0.0417. The maximum atomic E-state index is 13.3. The van der Waals surface area contributed by atoms with Gasteiger partial charge in [0.2, 0.25) is 0 Å². The van der Waals surface area contributed by atoms with Crippen LogP contribution >= 0.6 is 51.3 Å². The van der Waals surface area contributed by atoms with E-state index in [1.165, 1.54) is 6.08 Å². The quantitative estimate of drug-likeness (QED) is 0.230. The molecule has 0 aliphatic carbocycles. The minimum Gasteiger partial charge on any atom is -0.488 e. The molecule has 5 nitrogen and oxygen atoms in total. The van der Waals surface area contributed by atoms with Crippen LogP contribution in [-0.4, -0.2) is 16.9 Å². The number of hydrogen-bond acceptors (Lipinski definition) is 4. The normalized spacial score (nSPS) is 15.1. The minimum absolute atomic E-state index is 0.0823. The average Bonchev–Trinajstić information content (AvgIpc) is 2.79. The fourth-order valence-electron chi connectivity index (χ4n) is 3.20. The molecule has 2 amide bonds. The van der Waals surface area contributed by atoms with Gasteiger partial charge in [-0.1, -0.05) is 75.5 Å². The van der Waals surface area contributed by atoms with Crippen LogP contribution in [0.25, 0.3) is 6.08 Å². The molecule has 3 aromatic carbocycles. The number of anilines is 1. The van der Waals surface area contributed by atoms with E-state index in [4.69, 9.17) is 40.2 Å². The highest BCUT2D eigenvalue weighted by Gasteiger charge is 2.36. The first-order valence-electron chi connectivity index (χ1n) is 9.67. The molecule has 0 aromatic heterocycles. The average molecular weight is 562 g/mol. The molecule has 1 aliphatic rings. The van der Waals surface area contributed by atoms with Crippen LogP contribution < -0.4 is 15.0 Å². The van der Waals surface area contributed by atoms with Crippen molar-refractivity contribution in [2.75, 3.05) is 4.90 Å². The second-order valence-corrected chi connectivity index (χ2v) is 9.07. The van der Waals surface area contributed by atoms with E-state index in [2.05, 4.69) is 21.2 Å². The molecule has 0 spiro atoms. The zero-order valence-corrected chi connectivity index (χ0v) is 20.8.